The summed E-state index contributed by atoms with van der Waals surface area (Å²) in [5.41, 5.74) is 6.74. The largest absolute Gasteiger partial charge is 0.495 e. The van der Waals surface area contributed by atoms with Gasteiger partial charge in [0, 0.05) is 13.3 Å². The van der Waals surface area contributed by atoms with Crippen molar-refractivity contribution in [1.82, 2.24) is 4.98 Å². The lowest BCUT2D eigenvalue weighted by Gasteiger charge is -2.33. The van der Waals surface area contributed by atoms with Crippen molar-refractivity contribution < 1.29 is 9.47 Å². The highest BCUT2D eigenvalue weighted by atomic mass is 16.5. The average Bonchev–Trinajstić information content (AvgIpc) is 2.37. The standard InChI is InChI=1S/C12H20N2O2/c1-5-12(2,16-4)11(13)9-6-10(15-3)8-14-7-9/h6-8,11H,5,13H2,1-4H3. The Bertz CT molecular complexity index is 338. The van der Waals surface area contributed by atoms with E-state index < -0.39 is 0 Å². The van der Waals surface area contributed by atoms with Crippen LogP contribution in [-0.4, -0.2) is 24.8 Å². The fourth-order valence-corrected chi connectivity index (χ4v) is 1.56. The van der Waals surface area contributed by atoms with Gasteiger partial charge in [-0.05, 0) is 25.0 Å². The molecule has 0 amide bonds. The van der Waals surface area contributed by atoms with Gasteiger partial charge in [0.1, 0.15) is 5.75 Å². The summed E-state index contributed by atoms with van der Waals surface area (Å²) in [5, 5.41) is 0. The van der Waals surface area contributed by atoms with Crippen LogP contribution < -0.4 is 10.5 Å². The summed E-state index contributed by atoms with van der Waals surface area (Å²) in [6.07, 6.45) is 4.24. The minimum atomic E-state index is -0.381. The van der Waals surface area contributed by atoms with Crippen LogP contribution in [0.3, 0.4) is 0 Å². The van der Waals surface area contributed by atoms with Crippen LogP contribution in [0.1, 0.15) is 31.9 Å². The zero-order chi connectivity index (χ0) is 12.2. The van der Waals surface area contributed by atoms with Crippen LogP contribution in [0.4, 0.5) is 0 Å². The van der Waals surface area contributed by atoms with Gasteiger partial charge in [0.15, 0.2) is 0 Å². The van der Waals surface area contributed by atoms with Crippen LogP contribution in [0, 0.1) is 0 Å². The molecule has 1 heterocycles. The second-order valence-corrected chi connectivity index (χ2v) is 4.01. The number of aromatic nitrogens is 1. The number of nitrogens with zero attached hydrogens (tertiary/aromatic N) is 1. The molecule has 0 saturated heterocycles. The molecule has 1 aromatic rings. The summed E-state index contributed by atoms with van der Waals surface area (Å²) in [6.45, 7) is 4.05. The molecule has 2 N–H and O–H groups in total. The van der Waals surface area contributed by atoms with Crippen molar-refractivity contribution >= 4 is 0 Å². The molecule has 0 aliphatic heterocycles. The predicted molar refractivity (Wildman–Crippen MR) is 63.4 cm³/mol. The normalized spacial score (nSPS) is 16.6. The van der Waals surface area contributed by atoms with E-state index in [1.54, 1.807) is 26.6 Å². The van der Waals surface area contributed by atoms with Gasteiger partial charge < -0.3 is 15.2 Å². The van der Waals surface area contributed by atoms with Crippen molar-refractivity contribution in [2.24, 2.45) is 5.73 Å². The molecule has 16 heavy (non-hydrogen) atoms. The van der Waals surface area contributed by atoms with Gasteiger partial charge in [-0.1, -0.05) is 6.92 Å². The molecule has 2 atom stereocenters. The SMILES string of the molecule is CCC(C)(OC)C(N)c1cncc(OC)c1. The Morgan fingerprint density at radius 3 is 2.62 bits per heavy atom. The number of hydrogen-bond acceptors (Lipinski definition) is 4. The van der Waals surface area contributed by atoms with Gasteiger partial charge in [-0.15, -0.1) is 0 Å². The lowest BCUT2D eigenvalue weighted by molar-refractivity contribution is -0.0195. The highest BCUT2D eigenvalue weighted by Gasteiger charge is 2.31. The van der Waals surface area contributed by atoms with E-state index >= 15 is 0 Å². The van der Waals surface area contributed by atoms with Crippen LogP contribution in [-0.2, 0) is 4.74 Å². The molecule has 0 fully saturated rings. The Balaban J connectivity index is 2.98. The molecule has 4 nitrogen and oxygen atoms in total. The lowest BCUT2D eigenvalue weighted by Crippen LogP contribution is -2.39. The van der Waals surface area contributed by atoms with Crippen molar-refractivity contribution in [2.75, 3.05) is 14.2 Å². The molecule has 0 spiro atoms. The summed E-state index contributed by atoms with van der Waals surface area (Å²) in [6, 6.07) is 1.68. The van der Waals surface area contributed by atoms with E-state index in [0.717, 1.165) is 12.0 Å². The van der Waals surface area contributed by atoms with Gasteiger partial charge in [0.25, 0.3) is 0 Å². The molecule has 90 valence electrons. The van der Waals surface area contributed by atoms with Crippen molar-refractivity contribution in [3.63, 3.8) is 0 Å². The molecule has 1 rings (SSSR count). The number of methoxy groups -OCH3 is 2. The molecule has 0 radical (unpaired) electrons. The summed E-state index contributed by atoms with van der Waals surface area (Å²) >= 11 is 0. The van der Waals surface area contributed by atoms with Gasteiger partial charge in [-0.25, -0.2) is 0 Å². The monoisotopic (exact) mass is 224 g/mol. The molecule has 4 heteroatoms. The minimum absolute atomic E-state index is 0.218. The average molecular weight is 224 g/mol. The third-order valence-electron chi connectivity index (χ3n) is 3.16. The second-order valence-electron chi connectivity index (χ2n) is 4.01. The third kappa shape index (κ3) is 2.51. The maximum Gasteiger partial charge on any atom is 0.137 e. The first-order chi connectivity index (χ1) is 7.57. The Morgan fingerprint density at radius 1 is 1.44 bits per heavy atom. The highest BCUT2D eigenvalue weighted by Crippen LogP contribution is 2.30. The van der Waals surface area contributed by atoms with Crippen molar-refractivity contribution in [1.29, 1.82) is 0 Å². The van der Waals surface area contributed by atoms with Crippen LogP contribution in [0.2, 0.25) is 0 Å². The number of hydrogen-bond donors (Lipinski definition) is 1. The maximum absolute atomic E-state index is 6.20. The van der Waals surface area contributed by atoms with E-state index in [0.29, 0.717) is 5.75 Å². The molecule has 2 unspecified atom stereocenters. The van der Waals surface area contributed by atoms with Crippen LogP contribution in [0.5, 0.6) is 5.75 Å². The lowest BCUT2D eigenvalue weighted by atomic mass is 9.89. The fourth-order valence-electron chi connectivity index (χ4n) is 1.56. The van der Waals surface area contributed by atoms with Gasteiger partial charge in [0.2, 0.25) is 0 Å². The molecule has 1 aromatic heterocycles. The Kier molecular flexibility index (Phi) is 4.26. The van der Waals surface area contributed by atoms with Crippen LogP contribution in [0.25, 0.3) is 0 Å². The first-order valence-electron chi connectivity index (χ1n) is 5.37. The van der Waals surface area contributed by atoms with Crippen molar-refractivity contribution in [3.05, 3.63) is 24.0 Å². The summed E-state index contributed by atoms with van der Waals surface area (Å²) < 4.78 is 10.6. The molecule has 0 saturated carbocycles. The number of pyridine rings is 1. The van der Waals surface area contributed by atoms with E-state index in [1.807, 2.05) is 13.0 Å². The topological polar surface area (TPSA) is 57.4 Å². The summed E-state index contributed by atoms with van der Waals surface area (Å²) in [5.74, 6) is 0.711. The predicted octanol–water partition coefficient (Wildman–Crippen LogP) is 1.91. The Morgan fingerprint density at radius 2 is 2.12 bits per heavy atom. The number of nitrogens with two attached hydrogens (primary N) is 1. The molecule has 0 aliphatic rings. The third-order valence-corrected chi connectivity index (χ3v) is 3.16. The van der Waals surface area contributed by atoms with E-state index in [4.69, 9.17) is 15.2 Å². The smallest absolute Gasteiger partial charge is 0.137 e. The van der Waals surface area contributed by atoms with E-state index in [-0.39, 0.29) is 11.6 Å². The zero-order valence-electron chi connectivity index (χ0n) is 10.4. The van der Waals surface area contributed by atoms with Gasteiger partial charge in [-0.2, -0.15) is 0 Å². The Labute approximate surface area is 96.8 Å². The quantitative estimate of drug-likeness (QED) is 0.830. The molecular formula is C12H20N2O2. The maximum atomic E-state index is 6.20. The Hall–Kier alpha value is -1.13. The van der Waals surface area contributed by atoms with Crippen molar-refractivity contribution in [2.45, 2.75) is 31.9 Å². The fraction of sp³-hybridized carbons (Fsp3) is 0.583. The van der Waals surface area contributed by atoms with Crippen LogP contribution in [0.15, 0.2) is 18.5 Å². The van der Waals surface area contributed by atoms with E-state index in [1.165, 1.54) is 0 Å². The number of rotatable bonds is 5. The van der Waals surface area contributed by atoms with Crippen molar-refractivity contribution in [3.8, 4) is 5.75 Å². The molecule has 0 bridgehead atoms. The van der Waals surface area contributed by atoms with Gasteiger partial charge in [-0.3, -0.25) is 4.98 Å². The zero-order valence-corrected chi connectivity index (χ0v) is 10.4. The summed E-state index contributed by atoms with van der Waals surface area (Å²) in [7, 11) is 3.29. The van der Waals surface area contributed by atoms with Gasteiger partial charge in [0.05, 0.1) is 24.9 Å². The second kappa shape index (κ2) is 5.27. The molecular weight excluding hydrogens is 204 g/mol. The minimum Gasteiger partial charge on any atom is -0.495 e. The molecule has 0 aromatic carbocycles. The number of ether oxygens (including phenoxy) is 2. The first-order valence-corrected chi connectivity index (χ1v) is 5.37. The van der Waals surface area contributed by atoms with E-state index in [2.05, 4.69) is 11.9 Å². The van der Waals surface area contributed by atoms with E-state index in [9.17, 15) is 0 Å². The first kappa shape index (κ1) is 12.9. The highest BCUT2D eigenvalue weighted by molar-refractivity contribution is 5.27. The van der Waals surface area contributed by atoms with Crippen LogP contribution >= 0.6 is 0 Å². The van der Waals surface area contributed by atoms with Gasteiger partial charge >= 0.3 is 0 Å². The summed E-state index contributed by atoms with van der Waals surface area (Å²) in [4.78, 5) is 4.10. The molecule has 0 aliphatic carbocycles.